The molecule has 3 atom stereocenters. The van der Waals surface area contributed by atoms with Gasteiger partial charge < -0.3 is 19.3 Å². The summed E-state index contributed by atoms with van der Waals surface area (Å²) in [5.41, 5.74) is 2.63. The van der Waals surface area contributed by atoms with Crippen molar-refractivity contribution in [2.75, 3.05) is 33.9 Å². The van der Waals surface area contributed by atoms with Gasteiger partial charge in [-0.1, -0.05) is 26.0 Å². The van der Waals surface area contributed by atoms with Gasteiger partial charge in [-0.05, 0) is 60.4 Å². The molecule has 0 aliphatic heterocycles. The van der Waals surface area contributed by atoms with E-state index in [-0.39, 0.29) is 18.1 Å². The van der Waals surface area contributed by atoms with Crippen molar-refractivity contribution < 1.29 is 28.1 Å². The predicted octanol–water partition coefficient (Wildman–Crippen LogP) is 4.10. The second kappa shape index (κ2) is 9.62. The summed E-state index contributed by atoms with van der Waals surface area (Å²) in [6.07, 6.45) is 4.11. The van der Waals surface area contributed by atoms with Crippen molar-refractivity contribution in [1.29, 1.82) is 0 Å². The van der Waals surface area contributed by atoms with Crippen molar-refractivity contribution in [2.24, 2.45) is 17.3 Å². The number of halogens is 2. The van der Waals surface area contributed by atoms with E-state index in [1.165, 1.54) is 25.2 Å². The van der Waals surface area contributed by atoms with E-state index < -0.39 is 12.7 Å². The van der Waals surface area contributed by atoms with Gasteiger partial charge >= 0.3 is 6.61 Å². The lowest BCUT2D eigenvalue weighted by Crippen LogP contribution is -2.48. The Morgan fingerprint density at radius 2 is 2.03 bits per heavy atom. The van der Waals surface area contributed by atoms with Crippen LogP contribution in [0.3, 0.4) is 0 Å². The third-order valence-corrected chi connectivity index (χ3v) is 6.58. The Balaban J connectivity index is 1.42. The summed E-state index contributed by atoms with van der Waals surface area (Å²) in [7, 11) is 3.30. The van der Waals surface area contributed by atoms with Crippen LogP contribution in [0.25, 0.3) is 0 Å². The van der Waals surface area contributed by atoms with Gasteiger partial charge in [0.2, 0.25) is 0 Å². The van der Waals surface area contributed by atoms with Crippen LogP contribution < -0.4 is 9.47 Å². The summed E-state index contributed by atoms with van der Waals surface area (Å²) in [5, 5.41) is 10.3. The van der Waals surface area contributed by atoms with E-state index in [1.807, 2.05) is 11.9 Å². The van der Waals surface area contributed by atoms with Gasteiger partial charge in [0.05, 0.1) is 26.4 Å². The molecule has 1 aromatic carbocycles. The second-order valence-electron chi connectivity index (χ2n) is 9.05. The molecule has 1 aromatic rings. The summed E-state index contributed by atoms with van der Waals surface area (Å²) < 4.78 is 40.3. The first-order chi connectivity index (χ1) is 14.2. The van der Waals surface area contributed by atoms with Crippen molar-refractivity contribution in [2.45, 2.75) is 45.9 Å². The molecule has 1 saturated carbocycles. The normalized spacial score (nSPS) is 23.2. The zero-order valence-corrected chi connectivity index (χ0v) is 18.2. The molecule has 3 aliphatic rings. The molecule has 0 aromatic heterocycles. The smallest absolute Gasteiger partial charge is 0.387 e. The van der Waals surface area contributed by atoms with Gasteiger partial charge in [-0.2, -0.15) is 8.78 Å². The molecule has 2 bridgehead atoms. The average Bonchev–Trinajstić information content (AvgIpc) is 2.68. The molecular weight excluding hydrogens is 392 g/mol. The Kier molecular flexibility index (Phi) is 7.37. The molecule has 3 aliphatic carbocycles. The van der Waals surface area contributed by atoms with Gasteiger partial charge in [0.1, 0.15) is 0 Å². The van der Waals surface area contributed by atoms with Crippen molar-refractivity contribution in [1.82, 2.24) is 4.90 Å². The lowest BCUT2D eigenvalue weighted by Gasteiger charge is -2.56. The highest BCUT2D eigenvalue weighted by molar-refractivity contribution is 5.43. The number of fused-ring (bicyclic) bond motifs is 1. The maximum absolute atomic E-state index is 12.4. The van der Waals surface area contributed by atoms with Crippen LogP contribution in [0.4, 0.5) is 8.78 Å². The molecule has 1 fully saturated rings. The topological polar surface area (TPSA) is 51.2 Å². The lowest BCUT2D eigenvalue weighted by atomic mass is 9.49. The molecule has 5 nitrogen and oxygen atoms in total. The molecule has 1 N–H and O–H groups in total. The van der Waals surface area contributed by atoms with E-state index in [2.05, 4.69) is 24.7 Å². The van der Waals surface area contributed by atoms with Gasteiger partial charge in [-0.15, -0.1) is 0 Å². The Labute approximate surface area is 177 Å². The van der Waals surface area contributed by atoms with E-state index >= 15 is 0 Å². The van der Waals surface area contributed by atoms with Gasteiger partial charge in [0, 0.05) is 13.1 Å². The first-order valence-corrected chi connectivity index (χ1v) is 10.5. The Bertz CT molecular complexity index is 753. The fourth-order valence-corrected chi connectivity index (χ4v) is 4.75. The van der Waals surface area contributed by atoms with E-state index in [1.54, 1.807) is 12.1 Å². The minimum absolute atomic E-state index is 0.00492. The lowest BCUT2D eigenvalue weighted by molar-refractivity contribution is -0.0512. The summed E-state index contributed by atoms with van der Waals surface area (Å²) in [6, 6.07) is 4.85. The Hall–Kier alpha value is -1.70. The zero-order valence-electron chi connectivity index (χ0n) is 18.2. The predicted molar refractivity (Wildman–Crippen MR) is 111 cm³/mol. The van der Waals surface area contributed by atoms with Gasteiger partial charge in [-0.3, -0.25) is 4.90 Å². The van der Waals surface area contributed by atoms with E-state index in [4.69, 9.17) is 9.47 Å². The number of aliphatic hydroxyl groups excluding tert-OH is 1. The van der Waals surface area contributed by atoms with Crippen molar-refractivity contribution in [3.63, 3.8) is 0 Å². The molecule has 168 valence electrons. The first kappa shape index (κ1) is 23.0. The molecule has 7 heteroatoms. The fourth-order valence-electron chi connectivity index (χ4n) is 4.75. The fraction of sp³-hybridized carbons (Fsp3) is 0.652. The van der Waals surface area contributed by atoms with Crippen molar-refractivity contribution in [3.8, 4) is 11.5 Å². The van der Waals surface area contributed by atoms with Gasteiger partial charge in [0.15, 0.2) is 11.5 Å². The number of methoxy groups -OCH3 is 1. The van der Waals surface area contributed by atoms with Crippen LogP contribution in [-0.2, 0) is 11.3 Å². The number of hydrogen-bond donors (Lipinski definition) is 1. The van der Waals surface area contributed by atoms with Crippen LogP contribution in [0.15, 0.2) is 29.8 Å². The van der Waals surface area contributed by atoms with Crippen LogP contribution in [0.5, 0.6) is 11.5 Å². The second-order valence-corrected chi connectivity index (χ2v) is 9.05. The van der Waals surface area contributed by atoms with Crippen LogP contribution >= 0.6 is 0 Å². The number of rotatable bonds is 11. The molecule has 4 rings (SSSR count). The number of aliphatic hydroxyl groups is 1. The molecule has 0 saturated heterocycles. The third kappa shape index (κ3) is 5.31. The molecule has 0 heterocycles. The van der Waals surface area contributed by atoms with E-state index in [9.17, 15) is 13.9 Å². The third-order valence-electron chi connectivity index (χ3n) is 6.58. The molecule has 30 heavy (non-hydrogen) atoms. The highest BCUT2D eigenvalue weighted by Gasteiger charge is 2.50. The highest BCUT2D eigenvalue weighted by atomic mass is 19.3. The number of nitrogens with zero attached hydrogens (tertiary/aromatic N) is 1. The number of likely N-dealkylation sites (N-methyl/N-ethyl adjacent to an activating group) is 1. The minimum Gasteiger partial charge on any atom is -0.493 e. The Morgan fingerprint density at radius 3 is 2.67 bits per heavy atom. The summed E-state index contributed by atoms with van der Waals surface area (Å²) in [6.45, 7) is 3.61. The number of alkyl halides is 2. The number of allylic oxidation sites excluding steroid dienone is 1. The molecule has 0 spiro atoms. The summed E-state index contributed by atoms with van der Waals surface area (Å²) >= 11 is 0. The zero-order chi connectivity index (χ0) is 21.9. The van der Waals surface area contributed by atoms with E-state index in [0.29, 0.717) is 31.0 Å². The number of hydrogen-bond acceptors (Lipinski definition) is 5. The monoisotopic (exact) mass is 425 g/mol. The molecule has 0 unspecified atom stereocenters. The summed E-state index contributed by atoms with van der Waals surface area (Å²) in [5.74, 6) is 1.68. The standard InChI is InChI=1S/C23H33F2NO4/c1-23(2)17-7-6-16(19(23)10-17)13-29-14-18(27)12-26(3)11-15-5-8-20(30-22(24)25)21(9-15)28-4/h5-6,8-9,17-19,22,27H,7,10-14H2,1-4H3/t17-,18+,19+/m1/s1. The number of benzene rings is 1. The Morgan fingerprint density at radius 1 is 1.27 bits per heavy atom. The summed E-state index contributed by atoms with van der Waals surface area (Å²) in [4.78, 5) is 1.95. The number of ether oxygens (including phenoxy) is 3. The van der Waals surface area contributed by atoms with Gasteiger partial charge in [-0.25, -0.2) is 0 Å². The highest BCUT2D eigenvalue weighted by Crippen LogP contribution is 2.59. The largest absolute Gasteiger partial charge is 0.493 e. The van der Waals surface area contributed by atoms with Crippen molar-refractivity contribution in [3.05, 3.63) is 35.4 Å². The SMILES string of the molecule is COc1cc(CN(C)C[C@H](O)COCC2=CC[C@@H]3C[C@@H]2C3(C)C)ccc1OC(F)F. The van der Waals surface area contributed by atoms with Gasteiger partial charge in [0.25, 0.3) is 0 Å². The van der Waals surface area contributed by atoms with Crippen LogP contribution in [0.2, 0.25) is 0 Å². The molecule has 0 amide bonds. The quantitative estimate of drug-likeness (QED) is 0.541. The molecular formula is C23H33F2NO4. The maximum Gasteiger partial charge on any atom is 0.387 e. The maximum atomic E-state index is 12.4. The van der Waals surface area contributed by atoms with Crippen LogP contribution in [0, 0.1) is 17.3 Å². The van der Waals surface area contributed by atoms with Crippen molar-refractivity contribution >= 4 is 0 Å². The first-order valence-electron chi connectivity index (χ1n) is 10.5. The van der Waals surface area contributed by atoms with E-state index in [0.717, 1.165) is 17.9 Å². The van der Waals surface area contributed by atoms with Crippen LogP contribution in [0.1, 0.15) is 32.3 Å². The van der Waals surface area contributed by atoms with Crippen LogP contribution in [-0.4, -0.2) is 56.6 Å². The average molecular weight is 426 g/mol. The molecule has 0 radical (unpaired) electrons. The minimum atomic E-state index is -2.90.